The number of hydrogen-bond acceptors (Lipinski definition) is 3. The molecule has 1 saturated heterocycles. The van der Waals surface area contributed by atoms with Crippen LogP contribution < -0.4 is 0 Å². The van der Waals surface area contributed by atoms with E-state index in [1.165, 1.54) is 5.01 Å². The molecule has 4 atom stereocenters. The number of fused-ring (bicyclic) bond motifs is 5. The molecule has 2 aromatic carbocycles. The zero-order valence-corrected chi connectivity index (χ0v) is 17.4. The van der Waals surface area contributed by atoms with Gasteiger partial charge in [0.05, 0.1) is 29.0 Å². The minimum atomic E-state index is -0.512. The van der Waals surface area contributed by atoms with Crippen molar-refractivity contribution in [2.24, 2.45) is 23.7 Å². The number of allylic oxidation sites excluding steroid dienone is 2. The Bertz CT molecular complexity index is 1070. The quantitative estimate of drug-likeness (QED) is 0.524. The van der Waals surface area contributed by atoms with Crippen LogP contribution in [0.4, 0.5) is 0 Å². The third kappa shape index (κ3) is 2.88. The first kappa shape index (κ1) is 19.3. The molecule has 2 aromatic rings. The fraction of sp³-hybridized carbons (Fsp3) is 0.261. The molecule has 3 aliphatic rings. The van der Waals surface area contributed by atoms with Crippen molar-refractivity contribution in [1.82, 2.24) is 10.0 Å². The first-order chi connectivity index (χ1) is 14.5. The van der Waals surface area contributed by atoms with Crippen LogP contribution >= 0.6 is 23.2 Å². The van der Waals surface area contributed by atoms with Gasteiger partial charge in [0, 0.05) is 5.02 Å². The molecule has 0 aromatic heterocycles. The molecule has 30 heavy (non-hydrogen) atoms. The summed E-state index contributed by atoms with van der Waals surface area (Å²) in [6, 6.07) is 13.7. The topological polar surface area (TPSA) is 57.7 Å². The van der Waals surface area contributed by atoms with E-state index in [0.717, 1.165) is 11.4 Å². The fourth-order valence-corrected chi connectivity index (χ4v) is 5.33. The number of halogens is 2. The number of imide groups is 1. The molecular formula is C23H18Cl2N2O3. The number of benzene rings is 2. The van der Waals surface area contributed by atoms with Crippen molar-refractivity contribution >= 4 is 40.9 Å². The number of nitrogens with zero attached hydrogens (tertiary/aromatic N) is 2. The average molecular weight is 441 g/mol. The van der Waals surface area contributed by atoms with Gasteiger partial charge >= 0.3 is 0 Å². The maximum absolute atomic E-state index is 13.5. The molecule has 152 valence electrons. The third-order valence-electron chi connectivity index (χ3n) is 6.31. The van der Waals surface area contributed by atoms with E-state index in [0.29, 0.717) is 10.6 Å². The van der Waals surface area contributed by atoms with Crippen LogP contribution in [0.2, 0.25) is 10.0 Å². The summed E-state index contributed by atoms with van der Waals surface area (Å²) in [6.07, 6.45) is 4.87. The lowest BCUT2D eigenvalue weighted by Crippen LogP contribution is -2.50. The molecule has 1 aliphatic heterocycles. The van der Waals surface area contributed by atoms with Crippen LogP contribution in [0.15, 0.2) is 60.7 Å². The second kappa shape index (κ2) is 7.25. The Morgan fingerprint density at radius 3 is 2.07 bits per heavy atom. The minimum Gasteiger partial charge on any atom is -0.272 e. The lowest BCUT2D eigenvalue weighted by Gasteiger charge is -2.32. The number of rotatable bonds is 4. The van der Waals surface area contributed by atoms with Gasteiger partial charge in [-0.3, -0.25) is 14.4 Å². The highest BCUT2D eigenvalue weighted by molar-refractivity contribution is 6.34. The number of amides is 3. The van der Waals surface area contributed by atoms with Crippen molar-refractivity contribution in [3.63, 3.8) is 0 Å². The van der Waals surface area contributed by atoms with Crippen LogP contribution in [-0.4, -0.2) is 27.7 Å². The highest BCUT2D eigenvalue weighted by Gasteiger charge is 2.61. The molecule has 0 radical (unpaired) electrons. The maximum atomic E-state index is 13.5. The van der Waals surface area contributed by atoms with Gasteiger partial charge in [-0.15, -0.1) is 0 Å². The summed E-state index contributed by atoms with van der Waals surface area (Å²) < 4.78 is 0. The van der Waals surface area contributed by atoms with Gasteiger partial charge in [-0.25, -0.2) is 5.01 Å². The lowest BCUT2D eigenvalue weighted by molar-refractivity contribution is -0.156. The van der Waals surface area contributed by atoms with E-state index in [9.17, 15) is 14.4 Å². The SMILES string of the molecule is O=C(c1ccccc1Cl)N(Cc1ccccc1Cl)N1C(=O)[C@@H]2[C@H](C1=O)[C@H]1C=C[C@H]2C1. The summed E-state index contributed by atoms with van der Waals surface area (Å²) in [5.41, 5.74) is 0.864. The van der Waals surface area contributed by atoms with Gasteiger partial charge in [0.2, 0.25) is 0 Å². The van der Waals surface area contributed by atoms with E-state index < -0.39 is 17.7 Å². The smallest absolute Gasteiger partial charge is 0.272 e. The molecule has 0 N–H and O–H groups in total. The lowest BCUT2D eigenvalue weighted by atomic mass is 9.85. The molecule has 5 nitrogen and oxygen atoms in total. The van der Waals surface area contributed by atoms with Crippen molar-refractivity contribution < 1.29 is 14.4 Å². The van der Waals surface area contributed by atoms with Crippen molar-refractivity contribution in [2.45, 2.75) is 13.0 Å². The summed E-state index contributed by atoms with van der Waals surface area (Å²) in [4.78, 5) is 40.2. The molecule has 5 rings (SSSR count). The van der Waals surface area contributed by atoms with Gasteiger partial charge in [0.15, 0.2) is 0 Å². The largest absolute Gasteiger partial charge is 0.274 e. The highest BCUT2D eigenvalue weighted by atomic mass is 35.5. The van der Waals surface area contributed by atoms with Crippen LogP contribution in [-0.2, 0) is 16.1 Å². The molecular weight excluding hydrogens is 423 g/mol. The molecule has 1 heterocycles. The first-order valence-electron chi connectivity index (χ1n) is 9.83. The molecule has 2 bridgehead atoms. The summed E-state index contributed by atoms with van der Waals surface area (Å²) in [5.74, 6) is -1.86. The van der Waals surface area contributed by atoms with Gasteiger partial charge in [0.1, 0.15) is 0 Å². The Balaban J connectivity index is 1.56. The van der Waals surface area contributed by atoms with Crippen LogP contribution in [0.1, 0.15) is 22.3 Å². The van der Waals surface area contributed by atoms with E-state index >= 15 is 0 Å². The van der Waals surface area contributed by atoms with Gasteiger partial charge in [-0.1, -0.05) is 65.7 Å². The van der Waals surface area contributed by atoms with Crippen LogP contribution in [0.5, 0.6) is 0 Å². The van der Waals surface area contributed by atoms with E-state index in [1.54, 1.807) is 48.5 Å². The number of hydrogen-bond donors (Lipinski definition) is 0. The van der Waals surface area contributed by atoms with E-state index in [-0.39, 0.29) is 40.8 Å². The van der Waals surface area contributed by atoms with Gasteiger partial charge in [-0.05, 0) is 42.0 Å². The Hall–Kier alpha value is -2.63. The van der Waals surface area contributed by atoms with Crippen molar-refractivity contribution in [3.05, 3.63) is 81.9 Å². The maximum Gasteiger partial charge on any atom is 0.274 e. The van der Waals surface area contributed by atoms with Crippen LogP contribution in [0, 0.1) is 23.7 Å². The van der Waals surface area contributed by atoms with Crippen LogP contribution in [0.25, 0.3) is 0 Å². The predicted molar refractivity (Wildman–Crippen MR) is 112 cm³/mol. The molecule has 2 fully saturated rings. The minimum absolute atomic E-state index is 0.0105. The second-order valence-electron chi connectivity index (χ2n) is 7.92. The summed E-state index contributed by atoms with van der Waals surface area (Å²) in [7, 11) is 0. The molecule has 2 aliphatic carbocycles. The highest BCUT2D eigenvalue weighted by Crippen LogP contribution is 2.53. The molecule has 1 saturated carbocycles. The predicted octanol–water partition coefficient (Wildman–Crippen LogP) is 4.36. The van der Waals surface area contributed by atoms with Crippen molar-refractivity contribution in [2.75, 3.05) is 0 Å². The molecule has 3 amide bonds. The van der Waals surface area contributed by atoms with Gasteiger partial charge in [0.25, 0.3) is 17.7 Å². The summed E-state index contributed by atoms with van der Waals surface area (Å²) >= 11 is 12.6. The van der Waals surface area contributed by atoms with Gasteiger partial charge in [-0.2, -0.15) is 5.01 Å². The first-order valence-corrected chi connectivity index (χ1v) is 10.6. The summed E-state index contributed by atoms with van der Waals surface area (Å²) in [5, 5.41) is 2.95. The van der Waals surface area contributed by atoms with E-state index in [2.05, 4.69) is 0 Å². The average Bonchev–Trinajstić information content (AvgIpc) is 3.42. The van der Waals surface area contributed by atoms with Crippen molar-refractivity contribution in [1.29, 1.82) is 0 Å². The molecule has 0 spiro atoms. The Morgan fingerprint density at radius 1 is 0.900 bits per heavy atom. The summed E-state index contributed by atoms with van der Waals surface area (Å²) in [6.45, 7) is -0.0105. The van der Waals surface area contributed by atoms with Crippen molar-refractivity contribution in [3.8, 4) is 0 Å². The standard InChI is InChI=1S/C23H18Cl2N2O3/c24-17-7-3-1-5-15(17)12-26(21(28)16-6-2-4-8-18(16)25)27-22(29)19-13-9-10-14(11-13)20(19)23(27)30/h1-10,13-14,19-20H,11-12H2/t13-,14-,19-,20+/m0/s1. The number of carbonyl (C=O) groups is 3. The number of hydrazine groups is 1. The Labute approximate surface area is 183 Å². The van der Waals surface area contributed by atoms with Crippen LogP contribution in [0.3, 0.4) is 0 Å². The Morgan fingerprint density at radius 2 is 1.47 bits per heavy atom. The molecule has 7 heteroatoms. The Kier molecular flexibility index (Phi) is 4.68. The monoisotopic (exact) mass is 440 g/mol. The number of carbonyl (C=O) groups excluding carboxylic acids is 3. The second-order valence-corrected chi connectivity index (χ2v) is 8.74. The zero-order chi connectivity index (χ0) is 21.0. The zero-order valence-electron chi connectivity index (χ0n) is 15.9. The van der Waals surface area contributed by atoms with E-state index in [4.69, 9.17) is 23.2 Å². The fourth-order valence-electron chi connectivity index (χ4n) is 4.92. The third-order valence-corrected chi connectivity index (χ3v) is 7.00. The van der Waals surface area contributed by atoms with Gasteiger partial charge < -0.3 is 0 Å². The molecule has 0 unspecified atom stereocenters. The normalized spacial score (nSPS) is 26.4. The van der Waals surface area contributed by atoms with E-state index in [1.807, 2.05) is 12.2 Å².